The van der Waals surface area contributed by atoms with E-state index in [-0.39, 0.29) is 28.4 Å². The molecule has 374 valence electrons. The molecule has 2 fully saturated rings. The van der Waals surface area contributed by atoms with Crippen LogP contribution in [0.2, 0.25) is 0 Å². The normalized spacial score (nSPS) is 15.6. The molecule has 20 heteroatoms. The SMILES string of the molecule is Cc1c(C(=O)NCS(=O)[O-])c(-c2cccc(N3CCN(c4ccc(NS(=O)(=O)c5ccc(N[C@H](CCN6CCC(O)CC6)CSc6ccccc6)c([N+](=O)[O-])c5)cc4)CC3)c2)c(-c2ccc(F)cc2)n1C. The van der Waals surface area contributed by atoms with Crippen molar-refractivity contribution >= 4 is 67.2 Å². The Bertz CT molecular complexity index is 2970. The van der Waals surface area contributed by atoms with Crippen molar-refractivity contribution in [2.24, 2.45) is 7.05 Å². The van der Waals surface area contributed by atoms with Gasteiger partial charge in [-0.3, -0.25) is 23.8 Å². The lowest BCUT2D eigenvalue weighted by molar-refractivity contribution is -0.384. The number of thioether (sulfide) groups is 1. The number of aliphatic hydroxyl groups excluding tert-OH is 1. The molecule has 0 saturated carbocycles. The Kier molecular flexibility index (Phi) is 16.4. The third-order valence-corrected chi connectivity index (χ3v) is 16.0. The van der Waals surface area contributed by atoms with Gasteiger partial charge in [0, 0.05) is 104 Å². The third-order valence-electron chi connectivity index (χ3n) is 13.0. The van der Waals surface area contributed by atoms with Crippen LogP contribution in [0, 0.1) is 22.9 Å². The number of likely N-dealkylation sites (tertiary alicyclic amines) is 1. The third kappa shape index (κ3) is 12.6. The predicted molar refractivity (Wildman–Crippen MR) is 278 cm³/mol. The molecule has 1 amide bonds. The Morgan fingerprint density at radius 2 is 1.55 bits per heavy atom. The molecule has 3 heterocycles. The van der Waals surface area contributed by atoms with Gasteiger partial charge in [-0.25, -0.2) is 12.8 Å². The minimum atomic E-state index is -4.22. The number of carbonyl (C=O) groups is 1. The number of amides is 1. The van der Waals surface area contributed by atoms with Crippen LogP contribution in [0.25, 0.3) is 22.4 Å². The van der Waals surface area contributed by atoms with E-state index in [0.717, 1.165) is 47.5 Å². The molecule has 1 unspecified atom stereocenters. The lowest BCUT2D eigenvalue weighted by Crippen LogP contribution is -2.46. The molecule has 8 rings (SSSR count). The summed E-state index contributed by atoms with van der Waals surface area (Å²) in [5, 5.41) is 28.3. The van der Waals surface area contributed by atoms with Crippen molar-refractivity contribution < 1.29 is 36.4 Å². The summed E-state index contributed by atoms with van der Waals surface area (Å²) in [6.07, 6.45) is 1.81. The highest BCUT2D eigenvalue weighted by atomic mass is 32.2. The number of sulfonamides is 1. The summed E-state index contributed by atoms with van der Waals surface area (Å²) in [6, 6.07) is 34.4. The number of nitrogens with zero attached hydrogens (tertiary/aromatic N) is 5. The number of nitro benzene ring substituents is 1. The number of piperidine rings is 1. The maximum absolute atomic E-state index is 14.0. The monoisotopic (exact) mass is 1020 g/mol. The van der Waals surface area contributed by atoms with Gasteiger partial charge in [-0.15, -0.1) is 11.8 Å². The second kappa shape index (κ2) is 22.9. The zero-order chi connectivity index (χ0) is 50.2. The smallest absolute Gasteiger partial charge is 0.293 e. The van der Waals surface area contributed by atoms with E-state index in [9.17, 15) is 41.6 Å². The Balaban J connectivity index is 0.928. The number of nitro groups is 1. The number of benzene rings is 5. The van der Waals surface area contributed by atoms with Gasteiger partial charge in [-0.2, -0.15) is 0 Å². The number of aromatic nitrogens is 1. The molecule has 1 aromatic heterocycles. The first-order chi connectivity index (χ1) is 34.1. The van der Waals surface area contributed by atoms with E-state index in [2.05, 4.69) is 30.1 Å². The lowest BCUT2D eigenvalue weighted by atomic mass is 9.96. The highest BCUT2D eigenvalue weighted by molar-refractivity contribution is 7.99. The first-order valence-electron chi connectivity index (χ1n) is 23.3. The zero-order valence-corrected chi connectivity index (χ0v) is 41.8. The van der Waals surface area contributed by atoms with E-state index in [1.54, 1.807) is 43.0 Å². The van der Waals surface area contributed by atoms with Gasteiger partial charge in [0.2, 0.25) is 0 Å². The largest absolute Gasteiger partial charge is 0.771 e. The van der Waals surface area contributed by atoms with E-state index in [0.29, 0.717) is 85.0 Å². The number of nitrogens with one attached hydrogen (secondary N) is 3. The molecule has 0 aliphatic carbocycles. The van der Waals surface area contributed by atoms with E-state index < -0.39 is 43.6 Å². The van der Waals surface area contributed by atoms with Crippen LogP contribution >= 0.6 is 11.8 Å². The van der Waals surface area contributed by atoms with Gasteiger partial charge in [0.15, 0.2) is 0 Å². The quantitative estimate of drug-likeness (QED) is 0.0265. The van der Waals surface area contributed by atoms with Crippen LogP contribution in [-0.4, -0.2) is 112 Å². The van der Waals surface area contributed by atoms with Crippen LogP contribution in [0.15, 0.2) is 131 Å². The minimum absolute atomic E-state index is 0.172. The number of aliphatic hydroxyl groups is 1. The van der Waals surface area contributed by atoms with Gasteiger partial charge in [-0.1, -0.05) is 30.3 Å². The van der Waals surface area contributed by atoms with Gasteiger partial charge in [0.1, 0.15) is 11.5 Å². The lowest BCUT2D eigenvalue weighted by Gasteiger charge is -2.37. The molecule has 2 saturated heterocycles. The first kappa shape index (κ1) is 51.1. The summed E-state index contributed by atoms with van der Waals surface area (Å²) in [7, 11) is -2.41. The van der Waals surface area contributed by atoms with Crippen LogP contribution in [0.1, 0.15) is 35.3 Å². The Morgan fingerprint density at radius 3 is 2.21 bits per heavy atom. The van der Waals surface area contributed by atoms with Crippen molar-refractivity contribution in [3.8, 4) is 22.4 Å². The summed E-state index contributed by atoms with van der Waals surface area (Å²) in [5.74, 6) is -0.875. The molecular formula is C51H56FN8O8S3-. The standard InChI is InChI=1S/C51H57FN8O8S3/c1-35-48(51(62)53-34-70(65)66)49(50(56(35)2)36-11-13-38(52)14-12-36)37-7-6-8-42(31-37)59-29-27-58(28-30-59)41-17-15-39(16-18-41)55-71(67,68)45-19-20-46(47(32-45)60(63)64)54-40(33-69-44-9-4-3-5-10-44)21-24-57-25-22-43(61)23-26-57/h3-20,31-32,40,43,54-55,61H,21-30,33-34H2,1-2H3,(H,53,62)(H,65,66)/p-1/t40-/m1/s1. The van der Waals surface area contributed by atoms with Crippen molar-refractivity contribution in [3.63, 3.8) is 0 Å². The molecular weight excluding hydrogens is 968 g/mol. The molecule has 71 heavy (non-hydrogen) atoms. The van der Waals surface area contributed by atoms with Gasteiger partial charge in [0.25, 0.3) is 21.6 Å². The fraction of sp³-hybridized carbons (Fsp3) is 0.314. The average molecular weight is 1020 g/mol. The molecule has 6 aromatic rings. The summed E-state index contributed by atoms with van der Waals surface area (Å²) in [4.78, 5) is 33.0. The average Bonchev–Trinajstić information content (AvgIpc) is 3.64. The topological polar surface area (TPSA) is 205 Å². The molecule has 5 aromatic carbocycles. The van der Waals surface area contributed by atoms with E-state index >= 15 is 0 Å². The van der Waals surface area contributed by atoms with Gasteiger partial charge < -0.3 is 39.6 Å². The highest BCUT2D eigenvalue weighted by Gasteiger charge is 2.28. The number of anilines is 4. The Labute approximate surface area is 419 Å². The van der Waals surface area contributed by atoms with Crippen molar-refractivity contribution in [1.82, 2.24) is 14.8 Å². The maximum atomic E-state index is 14.0. The molecule has 16 nitrogen and oxygen atoms in total. The fourth-order valence-corrected chi connectivity index (χ4v) is 11.4. The highest BCUT2D eigenvalue weighted by Crippen LogP contribution is 2.40. The summed E-state index contributed by atoms with van der Waals surface area (Å²) < 4.78 is 68.7. The molecule has 4 N–H and O–H groups in total. The molecule has 2 aliphatic heterocycles. The van der Waals surface area contributed by atoms with Crippen molar-refractivity contribution in [2.45, 2.75) is 48.1 Å². The number of carbonyl (C=O) groups excluding carboxylic acids is 1. The molecule has 0 bridgehead atoms. The van der Waals surface area contributed by atoms with E-state index in [1.807, 2.05) is 78.3 Å². The Hall–Kier alpha value is -6.29. The van der Waals surface area contributed by atoms with E-state index in [4.69, 9.17) is 0 Å². The second-order valence-corrected chi connectivity index (χ2v) is 21.3. The zero-order valence-electron chi connectivity index (χ0n) is 39.3. The summed E-state index contributed by atoms with van der Waals surface area (Å²) in [6.45, 7) is 6.64. The number of hydrogen-bond acceptors (Lipinski definition) is 13. The summed E-state index contributed by atoms with van der Waals surface area (Å²) in [5.41, 5.74) is 5.57. The van der Waals surface area contributed by atoms with Crippen LogP contribution in [0.3, 0.4) is 0 Å². The molecule has 0 spiro atoms. The van der Waals surface area contributed by atoms with Crippen LogP contribution in [-0.2, 0) is 28.2 Å². The van der Waals surface area contributed by atoms with Crippen molar-refractivity contribution in [3.05, 3.63) is 149 Å². The van der Waals surface area contributed by atoms with Gasteiger partial charge in [-0.05, 0) is 133 Å². The predicted octanol–water partition coefficient (Wildman–Crippen LogP) is 7.83. The van der Waals surface area contributed by atoms with E-state index in [1.165, 1.54) is 24.3 Å². The molecule has 2 aliphatic rings. The fourth-order valence-electron chi connectivity index (χ4n) is 9.12. The number of rotatable bonds is 19. The number of hydrogen-bond donors (Lipinski definition) is 4. The number of halogens is 1. The maximum Gasteiger partial charge on any atom is 0.293 e. The second-order valence-electron chi connectivity index (χ2n) is 17.6. The van der Waals surface area contributed by atoms with Crippen LogP contribution in [0.4, 0.5) is 32.8 Å². The molecule has 2 atom stereocenters. The molecule has 0 radical (unpaired) electrons. The Morgan fingerprint density at radius 1 is 0.873 bits per heavy atom. The van der Waals surface area contributed by atoms with Crippen LogP contribution in [0.5, 0.6) is 0 Å². The minimum Gasteiger partial charge on any atom is -0.771 e. The van der Waals surface area contributed by atoms with Crippen molar-refractivity contribution in [2.75, 3.05) is 77.3 Å². The first-order valence-corrected chi connectivity index (χ1v) is 27.0. The number of piperazine rings is 1. The van der Waals surface area contributed by atoms with Crippen molar-refractivity contribution in [1.29, 1.82) is 0 Å². The summed E-state index contributed by atoms with van der Waals surface area (Å²) >= 11 is -0.860. The van der Waals surface area contributed by atoms with Gasteiger partial charge in [0.05, 0.1) is 33.1 Å². The van der Waals surface area contributed by atoms with Gasteiger partial charge >= 0.3 is 0 Å². The van der Waals surface area contributed by atoms with Crippen LogP contribution < -0.4 is 25.2 Å².